The fraction of sp³-hybridized carbons (Fsp3) is 0.364. The summed E-state index contributed by atoms with van der Waals surface area (Å²) in [5, 5.41) is 22.7. The number of nitriles is 1. The van der Waals surface area contributed by atoms with Gasteiger partial charge in [-0.2, -0.15) is 5.26 Å². The monoisotopic (exact) mass is 363 g/mol. The number of nitrogens with zero attached hydrogens (tertiary/aromatic N) is 2. The second-order valence-corrected chi connectivity index (χ2v) is 7.21. The molecule has 1 fully saturated rings. The van der Waals surface area contributed by atoms with Crippen LogP contribution < -0.4 is 5.32 Å². The van der Waals surface area contributed by atoms with Crippen LogP contribution in [0.3, 0.4) is 0 Å². The van der Waals surface area contributed by atoms with Crippen molar-refractivity contribution in [1.82, 2.24) is 4.90 Å². The fourth-order valence-electron chi connectivity index (χ4n) is 3.69. The van der Waals surface area contributed by atoms with Gasteiger partial charge in [0.25, 0.3) is 0 Å². The third kappa shape index (κ3) is 4.73. The topological polar surface area (TPSA) is 76.4 Å². The van der Waals surface area contributed by atoms with Gasteiger partial charge in [-0.3, -0.25) is 9.69 Å². The standard InChI is InChI=1S/C22H25N3O2/c1-17-5-2-3-6-20(17)22(27)12-14-25(16-22)13-4-7-21(26)24-19-10-8-18(15-23)9-11-19/h2-3,5-6,8-11,27H,4,7,12-14,16H2,1H3,(H,24,26)/t22-/m0/s1. The number of anilines is 1. The summed E-state index contributed by atoms with van der Waals surface area (Å²) < 4.78 is 0. The number of likely N-dealkylation sites (tertiary alicyclic amines) is 1. The van der Waals surface area contributed by atoms with Crippen LogP contribution in [0.4, 0.5) is 5.69 Å². The highest BCUT2D eigenvalue weighted by Crippen LogP contribution is 2.33. The van der Waals surface area contributed by atoms with Gasteiger partial charge in [-0.1, -0.05) is 24.3 Å². The number of amides is 1. The van der Waals surface area contributed by atoms with Crippen LogP contribution in [-0.4, -0.2) is 35.5 Å². The molecule has 0 aliphatic carbocycles. The Balaban J connectivity index is 1.45. The fourth-order valence-corrected chi connectivity index (χ4v) is 3.69. The number of nitrogens with one attached hydrogen (secondary N) is 1. The minimum absolute atomic E-state index is 0.0342. The first-order valence-corrected chi connectivity index (χ1v) is 9.31. The average Bonchev–Trinajstić information content (AvgIpc) is 3.05. The molecule has 0 radical (unpaired) electrons. The van der Waals surface area contributed by atoms with E-state index < -0.39 is 5.60 Å². The zero-order chi connectivity index (χ0) is 19.3. The van der Waals surface area contributed by atoms with Gasteiger partial charge in [0.15, 0.2) is 0 Å². The maximum absolute atomic E-state index is 12.1. The molecular formula is C22H25N3O2. The lowest BCUT2D eigenvalue weighted by Crippen LogP contribution is -2.32. The van der Waals surface area contributed by atoms with Crippen LogP contribution in [0.5, 0.6) is 0 Å². The molecular weight excluding hydrogens is 338 g/mol. The normalized spacial score (nSPS) is 19.6. The largest absolute Gasteiger partial charge is 0.384 e. The van der Waals surface area contributed by atoms with E-state index in [9.17, 15) is 9.90 Å². The number of hydrogen-bond donors (Lipinski definition) is 2. The second-order valence-electron chi connectivity index (χ2n) is 7.21. The second kappa shape index (κ2) is 8.34. The molecule has 0 unspecified atom stereocenters. The first-order chi connectivity index (χ1) is 13.0. The van der Waals surface area contributed by atoms with Crippen molar-refractivity contribution in [2.45, 2.75) is 31.8 Å². The Bertz CT molecular complexity index is 841. The van der Waals surface area contributed by atoms with Crippen molar-refractivity contribution in [3.05, 3.63) is 65.2 Å². The summed E-state index contributed by atoms with van der Waals surface area (Å²) in [7, 11) is 0. The predicted molar refractivity (Wildman–Crippen MR) is 105 cm³/mol. The summed E-state index contributed by atoms with van der Waals surface area (Å²) in [6.07, 6.45) is 1.89. The summed E-state index contributed by atoms with van der Waals surface area (Å²) >= 11 is 0. The van der Waals surface area contributed by atoms with Gasteiger partial charge in [0.1, 0.15) is 5.60 Å². The third-order valence-electron chi connectivity index (χ3n) is 5.15. The molecule has 1 heterocycles. The van der Waals surface area contributed by atoms with E-state index in [0.717, 1.165) is 37.1 Å². The van der Waals surface area contributed by atoms with Crippen molar-refractivity contribution < 1.29 is 9.90 Å². The predicted octanol–water partition coefficient (Wildman–Crippen LogP) is 3.18. The van der Waals surface area contributed by atoms with E-state index in [0.29, 0.717) is 24.2 Å². The highest BCUT2D eigenvalue weighted by molar-refractivity contribution is 5.90. The lowest BCUT2D eigenvalue weighted by molar-refractivity contribution is -0.116. The quantitative estimate of drug-likeness (QED) is 0.826. The molecule has 5 heteroatoms. The molecule has 1 amide bonds. The highest BCUT2D eigenvalue weighted by Gasteiger charge is 2.38. The van der Waals surface area contributed by atoms with Gasteiger partial charge in [-0.15, -0.1) is 0 Å². The van der Waals surface area contributed by atoms with Crippen molar-refractivity contribution in [3.63, 3.8) is 0 Å². The number of aryl methyl sites for hydroxylation is 1. The molecule has 1 aliphatic rings. The van der Waals surface area contributed by atoms with Crippen molar-refractivity contribution in [3.8, 4) is 6.07 Å². The van der Waals surface area contributed by atoms with E-state index in [-0.39, 0.29) is 5.91 Å². The van der Waals surface area contributed by atoms with Crippen LogP contribution in [0.25, 0.3) is 0 Å². The van der Waals surface area contributed by atoms with Gasteiger partial charge in [0.2, 0.25) is 5.91 Å². The highest BCUT2D eigenvalue weighted by atomic mass is 16.3. The summed E-state index contributed by atoms with van der Waals surface area (Å²) in [5.74, 6) is -0.0342. The van der Waals surface area contributed by atoms with Crippen molar-refractivity contribution in [2.75, 3.05) is 25.0 Å². The van der Waals surface area contributed by atoms with Gasteiger partial charge < -0.3 is 10.4 Å². The summed E-state index contributed by atoms with van der Waals surface area (Å²) in [4.78, 5) is 14.3. The average molecular weight is 363 g/mol. The minimum Gasteiger partial charge on any atom is -0.384 e. The number of benzene rings is 2. The molecule has 0 bridgehead atoms. The van der Waals surface area contributed by atoms with Gasteiger partial charge >= 0.3 is 0 Å². The van der Waals surface area contributed by atoms with Crippen LogP contribution in [-0.2, 0) is 10.4 Å². The van der Waals surface area contributed by atoms with E-state index in [2.05, 4.69) is 16.3 Å². The molecule has 0 aromatic heterocycles. The van der Waals surface area contributed by atoms with Crippen LogP contribution in [0, 0.1) is 18.3 Å². The molecule has 2 aromatic rings. The molecule has 0 saturated carbocycles. The van der Waals surface area contributed by atoms with Crippen LogP contribution in [0.15, 0.2) is 48.5 Å². The number of hydrogen-bond acceptors (Lipinski definition) is 4. The first-order valence-electron chi connectivity index (χ1n) is 9.31. The summed E-state index contributed by atoms with van der Waals surface area (Å²) in [6.45, 7) is 4.26. The van der Waals surface area contributed by atoms with Crippen molar-refractivity contribution >= 4 is 11.6 Å². The Morgan fingerprint density at radius 1 is 1.26 bits per heavy atom. The number of carbonyl (C=O) groups excluding carboxylic acids is 1. The Morgan fingerprint density at radius 3 is 2.70 bits per heavy atom. The summed E-state index contributed by atoms with van der Waals surface area (Å²) in [6, 6.07) is 16.9. The Morgan fingerprint density at radius 2 is 2.00 bits per heavy atom. The number of aliphatic hydroxyl groups is 1. The zero-order valence-electron chi connectivity index (χ0n) is 15.6. The zero-order valence-corrected chi connectivity index (χ0v) is 15.6. The van der Waals surface area contributed by atoms with Crippen molar-refractivity contribution in [1.29, 1.82) is 5.26 Å². The lowest BCUT2D eigenvalue weighted by atomic mass is 9.89. The van der Waals surface area contributed by atoms with Gasteiger partial charge in [-0.25, -0.2) is 0 Å². The van der Waals surface area contributed by atoms with Gasteiger partial charge in [-0.05, 0) is 61.7 Å². The number of β-amino-alcohol motifs (C(OH)–C–C–N with tert-alkyl or cyclic N) is 1. The first kappa shape index (κ1) is 19.1. The third-order valence-corrected chi connectivity index (χ3v) is 5.15. The minimum atomic E-state index is -0.796. The molecule has 2 aromatic carbocycles. The van der Waals surface area contributed by atoms with Gasteiger partial charge in [0, 0.05) is 25.2 Å². The van der Waals surface area contributed by atoms with Crippen LogP contribution >= 0.6 is 0 Å². The molecule has 5 nitrogen and oxygen atoms in total. The molecule has 1 aliphatic heterocycles. The van der Waals surface area contributed by atoms with Gasteiger partial charge in [0.05, 0.1) is 11.6 Å². The van der Waals surface area contributed by atoms with Crippen LogP contribution in [0.2, 0.25) is 0 Å². The molecule has 2 N–H and O–H groups in total. The van der Waals surface area contributed by atoms with E-state index in [1.165, 1.54) is 0 Å². The Kier molecular flexibility index (Phi) is 5.90. The molecule has 3 rings (SSSR count). The Labute approximate surface area is 160 Å². The van der Waals surface area contributed by atoms with E-state index >= 15 is 0 Å². The smallest absolute Gasteiger partial charge is 0.224 e. The van der Waals surface area contributed by atoms with Crippen molar-refractivity contribution in [2.24, 2.45) is 0 Å². The maximum Gasteiger partial charge on any atom is 0.224 e. The van der Waals surface area contributed by atoms with E-state index in [4.69, 9.17) is 5.26 Å². The Hall–Kier alpha value is -2.68. The van der Waals surface area contributed by atoms with E-state index in [1.807, 2.05) is 31.2 Å². The van der Waals surface area contributed by atoms with E-state index in [1.54, 1.807) is 24.3 Å². The molecule has 0 spiro atoms. The maximum atomic E-state index is 12.1. The number of rotatable bonds is 6. The molecule has 1 saturated heterocycles. The van der Waals surface area contributed by atoms with Crippen LogP contribution in [0.1, 0.15) is 36.0 Å². The molecule has 1 atom stereocenters. The lowest BCUT2D eigenvalue weighted by Gasteiger charge is -2.25. The molecule has 140 valence electrons. The number of carbonyl (C=O) groups is 1. The summed E-state index contributed by atoms with van der Waals surface area (Å²) in [5.41, 5.74) is 2.60. The molecule has 27 heavy (non-hydrogen) atoms. The SMILES string of the molecule is Cc1ccccc1[C@]1(O)CCN(CCCC(=O)Nc2ccc(C#N)cc2)C1.